The van der Waals surface area contributed by atoms with Gasteiger partial charge in [-0.05, 0) is 45.7 Å². The smallest absolute Gasteiger partial charge is 0.410 e. The summed E-state index contributed by atoms with van der Waals surface area (Å²) in [7, 11) is 0. The number of benzene rings is 1. The molecule has 0 aromatic heterocycles. The second-order valence-electron chi connectivity index (χ2n) is 8.54. The largest absolute Gasteiger partial charge is 0.444 e. The lowest BCUT2D eigenvalue weighted by atomic mass is 10.1. The van der Waals surface area contributed by atoms with Crippen LogP contribution >= 0.6 is 0 Å². The van der Waals surface area contributed by atoms with Crippen molar-refractivity contribution in [2.24, 2.45) is 0 Å². The summed E-state index contributed by atoms with van der Waals surface area (Å²) in [6, 6.07) is 5.55. The number of hydrogen-bond donors (Lipinski definition) is 1. The molecule has 1 amide bonds. The minimum absolute atomic E-state index is 0.114. The molecule has 2 aliphatic rings. The number of carbonyl (C=O) groups excluding carboxylic acids is 1. The number of nitrogens with zero attached hydrogens (tertiary/aromatic N) is 3. The summed E-state index contributed by atoms with van der Waals surface area (Å²) in [4.78, 5) is 27.2. The molecular formula is C20H30N4O4. The first-order valence-corrected chi connectivity index (χ1v) is 10.0. The molecule has 8 heteroatoms. The van der Waals surface area contributed by atoms with Gasteiger partial charge in [0.05, 0.1) is 4.92 Å². The first-order valence-electron chi connectivity index (χ1n) is 10.0. The lowest BCUT2D eigenvalue weighted by Gasteiger charge is -2.36. The second-order valence-corrected chi connectivity index (χ2v) is 8.54. The van der Waals surface area contributed by atoms with Crippen molar-refractivity contribution in [2.75, 3.05) is 36.4 Å². The van der Waals surface area contributed by atoms with E-state index >= 15 is 0 Å². The molecule has 1 aromatic carbocycles. The van der Waals surface area contributed by atoms with Gasteiger partial charge in [-0.15, -0.1) is 0 Å². The average molecular weight is 390 g/mol. The molecule has 28 heavy (non-hydrogen) atoms. The van der Waals surface area contributed by atoms with Gasteiger partial charge in [0, 0.05) is 44.0 Å². The molecule has 1 saturated heterocycles. The van der Waals surface area contributed by atoms with Gasteiger partial charge in [-0.2, -0.15) is 0 Å². The Morgan fingerprint density at radius 1 is 1.18 bits per heavy atom. The summed E-state index contributed by atoms with van der Waals surface area (Å²) in [6.07, 6.45) is 4.14. The van der Waals surface area contributed by atoms with Gasteiger partial charge in [0.1, 0.15) is 11.3 Å². The first kappa shape index (κ1) is 20.2. The molecule has 0 radical (unpaired) electrons. The summed E-state index contributed by atoms with van der Waals surface area (Å²) in [5, 5.41) is 14.8. The van der Waals surface area contributed by atoms with Crippen molar-refractivity contribution in [1.29, 1.82) is 0 Å². The maximum absolute atomic E-state index is 12.2. The molecule has 8 nitrogen and oxygen atoms in total. The van der Waals surface area contributed by atoms with Crippen molar-refractivity contribution in [1.82, 2.24) is 4.90 Å². The maximum atomic E-state index is 12.2. The van der Waals surface area contributed by atoms with Crippen molar-refractivity contribution in [2.45, 2.75) is 58.1 Å². The summed E-state index contributed by atoms with van der Waals surface area (Å²) < 4.78 is 5.44. The van der Waals surface area contributed by atoms with E-state index < -0.39 is 5.60 Å². The second kappa shape index (κ2) is 8.24. The third-order valence-electron chi connectivity index (χ3n) is 5.19. The molecule has 1 N–H and O–H groups in total. The number of rotatable bonds is 4. The molecule has 1 aliphatic heterocycles. The molecular weight excluding hydrogens is 360 g/mol. The van der Waals surface area contributed by atoms with Crippen LogP contribution in [0.1, 0.15) is 46.5 Å². The fourth-order valence-electron chi connectivity index (χ4n) is 3.76. The zero-order valence-corrected chi connectivity index (χ0v) is 16.9. The van der Waals surface area contributed by atoms with Crippen molar-refractivity contribution in [3.05, 3.63) is 28.3 Å². The van der Waals surface area contributed by atoms with Crippen molar-refractivity contribution in [3.8, 4) is 0 Å². The summed E-state index contributed by atoms with van der Waals surface area (Å²) in [5.41, 5.74) is 1.13. The Kier molecular flexibility index (Phi) is 5.96. The molecule has 0 spiro atoms. The van der Waals surface area contributed by atoms with Gasteiger partial charge in [-0.1, -0.05) is 12.8 Å². The third-order valence-corrected chi connectivity index (χ3v) is 5.19. The molecule has 0 bridgehead atoms. The molecule has 1 saturated carbocycles. The minimum atomic E-state index is -0.507. The Hall–Kier alpha value is -2.51. The molecule has 3 rings (SSSR count). The van der Waals surface area contributed by atoms with Gasteiger partial charge in [0.15, 0.2) is 0 Å². The monoisotopic (exact) mass is 390 g/mol. The average Bonchev–Trinajstić information content (AvgIpc) is 3.13. The molecule has 154 valence electrons. The van der Waals surface area contributed by atoms with E-state index in [2.05, 4.69) is 10.2 Å². The van der Waals surface area contributed by atoms with Crippen LogP contribution in [0, 0.1) is 10.1 Å². The number of amides is 1. The van der Waals surface area contributed by atoms with Crippen LogP contribution in [0.25, 0.3) is 0 Å². The van der Waals surface area contributed by atoms with Crippen LogP contribution in [-0.4, -0.2) is 53.7 Å². The highest BCUT2D eigenvalue weighted by Gasteiger charge is 2.27. The van der Waals surface area contributed by atoms with Gasteiger partial charge in [-0.25, -0.2) is 4.79 Å². The Bertz CT molecular complexity index is 717. The van der Waals surface area contributed by atoms with Gasteiger partial charge >= 0.3 is 6.09 Å². The van der Waals surface area contributed by atoms with Gasteiger partial charge in [0.25, 0.3) is 5.69 Å². The van der Waals surface area contributed by atoms with E-state index in [-0.39, 0.29) is 16.7 Å². The number of hydrogen-bond acceptors (Lipinski definition) is 6. The van der Waals surface area contributed by atoms with Crippen LogP contribution < -0.4 is 10.2 Å². The number of nitro groups is 1. The van der Waals surface area contributed by atoms with E-state index in [4.69, 9.17) is 4.74 Å². The fraction of sp³-hybridized carbons (Fsp3) is 0.650. The number of piperazine rings is 1. The van der Waals surface area contributed by atoms with Gasteiger partial charge in [-0.3, -0.25) is 10.1 Å². The van der Waals surface area contributed by atoms with Crippen LogP contribution in [0.15, 0.2) is 18.2 Å². The SMILES string of the molecule is CC(C)(C)OC(=O)N1CCN(c2ccc([N+](=O)[O-])c(NC3CCCC3)c2)CC1. The predicted molar refractivity (Wildman–Crippen MR) is 109 cm³/mol. The first-order chi connectivity index (χ1) is 13.2. The molecule has 0 atom stereocenters. The Balaban J connectivity index is 1.67. The molecule has 1 aliphatic carbocycles. The van der Waals surface area contributed by atoms with Crippen LogP contribution in [-0.2, 0) is 4.74 Å². The van der Waals surface area contributed by atoms with Gasteiger partial charge < -0.3 is 19.9 Å². The maximum Gasteiger partial charge on any atom is 0.410 e. The van der Waals surface area contributed by atoms with E-state index in [1.54, 1.807) is 17.0 Å². The van der Waals surface area contributed by atoms with Crippen LogP contribution in [0.4, 0.5) is 21.9 Å². The van der Waals surface area contributed by atoms with E-state index in [9.17, 15) is 14.9 Å². The van der Waals surface area contributed by atoms with Crippen molar-refractivity contribution >= 4 is 23.2 Å². The number of anilines is 2. The summed E-state index contributed by atoms with van der Waals surface area (Å²) >= 11 is 0. The minimum Gasteiger partial charge on any atom is -0.444 e. The van der Waals surface area contributed by atoms with Crippen molar-refractivity contribution in [3.63, 3.8) is 0 Å². The topological polar surface area (TPSA) is 88.0 Å². The Labute approximate surface area is 166 Å². The van der Waals surface area contributed by atoms with Crippen LogP contribution in [0.5, 0.6) is 0 Å². The van der Waals surface area contributed by atoms with Gasteiger partial charge in [0.2, 0.25) is 0 Å². The summed E-state index contributed by atoms with van der Waals surface area (Å²) in [6.45, 7) is 8.04. The van der Waals surface area contributed by atoms with E-state index in [0.717, 1.165) is 31.4 Å². The Morgan fingerprint density at radius 3 is 2.39 bits per heavy atom. The zero-order valence-electron chi connectivity index (χ0n) is 16.9. The molecule has 0 unspecified atom stereocenters. The number of ether oxygens (including phenoxy) is 1. The molecule has 2 fully saturated rings. The lowest BCUT2D eigenvalue weighted by Crippen LogP contribution is -2.50. The lowest BCUT2D eigenvalue weighted by molar-refractivity contribution is -0.384. The van der Waals surface area contributed by atoms with E-state index in [0.29, 0.717) is 37.9 Å². The Morgan fingerprint density at radius 2 is 1.82 bits per heavy atom. The third kappa shape index (κ3) is 5.05. The summed E-state index contributed by atoms with van der Waals surface area (Å²) in [5.74, 6) is 0. The standard InChI is InChI=1S/C20H30N4O4/c1-20(2,3)28-19(25)23-12-10-22(11-13-23)16-8-9-18(24(26)27)17(14-16)21-15-6-4-5-7-15/h8-9,14-15,21H,4-7,10-13H2,1-3H3. The van der Waals surface area contributed by atoms with E-state index in [1.165, 1.54) is 0 Å². The van der Waals surface area contributed by atoms with E-state index in [1.807, 2.05) is 26.8 Å². The van der Waals surface area contributed by atoms with Crippen LogP contribution in [0.2, 0.25) is 0 Å². The number of nitro benzene ring substituents is 1. The quantitative estimate of drug-likeness (QED) is 0.617. The zero-order chi connectivity index (χ0) is 20.3. The van der Waals surface area contributed by atoms with Crippen molar-refractivity contribution < 1.29 is 14.5 Å². The number of nitrogens with one attached hydrogen (secondary N) is 1. The fourth-order valence-corrected chi connectivity index (χ4v) is 3.76. The molecule has 1 aromatic rings. The highest BCUT2D eigenvalue weighted by molar-refractivity contribution is 5.71. The van der Waals surface area contributed by atoms with Crippen LogP contribution in [0.3, 0.4) is 0 Å². The normalized spacial score (nSPS) is 18.2. The molecule has 1 heterocycles. The number of carbonyl (C=O) groups is 1. The highest BCUT2D eigenvalue weighted by Crippen LogP contribution is 2.33. The highest BCUT2D eigenvalue weighted by atomic mass is 16.6. The predicted octanol–water partition coefficient (Wildman–Crippen LogP) is 4.01.